The van der Waals surface area contributed by atoms with Gasteiger partial charge in [-0.05, 0) is 86.0 Å². The number of pyridine rings is 1. The third-order valence-corrected chi connectivity index (χ3v) is 6.14. The van der Waals surface area contributed by atoms with Crippen LogP contribution in [0.2, 0.25) is 0 Å². The van der Waals surface area contributed by atoms with Crippen LogP contribution in [0, 0.1) is 13.8 Å². The Balaban J connectivity index is 1.71. The molecule has 0 aliphatic carbocycles. The van der Waals surface area contributed by atoms with Crippen molar-refractivity contribution in [2.75, 3.05) is 4.72 Å². The molecule has 7 heteroatoms. The number of carbonyl (C=O) groups excluding carboxylic acids is 1. The molecule has 0 spiro atoms. The summed E-state index contributed by atoms with van der Waals surface area (Å²) < 4.78 is 27.8. The van der Waals surface area contributed by atoms with Crippen LogP contribution in [-0.2, 0) is 10.0 Å². The van der Waals surface area contributed by atoms with E-state index in [4.69, 9.17) is 0 Å². The summed E-state index contributed by atoms with van der Waals surface area (Å²) in [6.45, 7) is 5.76. The molecular formula is C22H23N3O3S. The summed E-state index contributed by atoms with van der Waals surface area (Å²) in [5.74, 6) is -0.277. The van der Waals surface area contributed by atoms with Crippen LogP contribution in [0.25, 0.3) is 0 Å². The standard InChI is InChI=1S/C22H23N3O3S/c1-15-4-7-20(14-16(15)2)25-29(27,28)21-8-5-19(6-9-21)22(26)24-17(3)18-10-12-23-13-11-18/h4-14,17,25H,1-3H3,(H,24,26). The molecule has 29 heavy (non-hydrogen) atoms. The number of hydrogen-bond donors (Lipinski definition) is 2. The number of aromatic nitrogens is 1. The summed E-state index contributed by atoms with van der Waals surface area (Å²) in [6.07, 6.45) is 3.33. The van der Waals surface area contributed by atoms with Crippen LogP contribution in [0.4, 0.5) is 5.69 Å². The number of nitrogens with one attached hydrogen (secondary N) is 2. The number of nitrogens with zero attached hydrogens (tertiary/aromatic N) is 1. The number of aryl methyl sites for hydroxylation is 2. The van der Waals surface area contributed by atoms with Crippen molar-refractivity contribution in [1.29, 1.82) is 0 Å². The Labute approximate surface area is 171 Å². The first-order valence-electron chi connectivity index (χ1n) is 9.17. The zero-order valence-corrected chi connectivity index (χ0v) is 17.3. The highest BCUT2D eigenvalue weighted by molar-refractivity contribution is 7.92. The molecule has 150 valence electrons. The van der Waals surface area contributed by atoms with Crippen molar-refractivity contribution in [3.63, 3.8) is 0 Å². The number of hydrogen-bond acceptors (Lipinski definition) is 4. The lowest BCUT2D eigenvalue weighted by atomic mass is 10.1. The van der Waals surface area contributed by atoms with Crippen LogP contribution in [0.5, 0.6) is 0 Å². The van der Waals surface area contributed by atoms with Gasteiger partial charge in [0.2, 0.25) is 0 Å². The zero-order chi connectivity index (χ0) is 21.0. The van der Waals surface area contributed by atoms with Crippen LogP contribution in [0.1, 0.15) is 40.0 Å². The number of benzene rings is 2. The third kappa shape index (κ3) is 5.00. The number of rotatable bonds is 6. The van der Waals surface area contributed by atoms with E-state index in [1.165, 1.54) is 24.3 Å². The van der Waals surface area contributed by atoms with E-state index in [0.717, 1.165) is 16.7 Å². The lowest BCUT2D eigenvalue weighted by Gasteiger charge is -2.14. The van der Waals surface area contributed by atoms with Gasteiger partial charge in [-0.15, -0.1) is 0 Å². The molecule has 0 saturated heterocycles. The Morgan fingerprint density at radius 3 is 2.21 bits per heavy atom. The Bertz CT molecular complexity index is 1110. The SMILES string of the molecule is Cc1ccc(NS(=O)(=O)c2ccc(C(=O)NC(C)c3ccncc3)cc2)cc1C. The van der Waals surface area contributed by atoms with E-state index in [-0.39, 0.29) is 16.8 Å². The quantitative estimate of drug-likeness (QED) is 0.644. The van der Waals surface area contributed by atoms with E-state index in [1.807, 2.05) is 39.0 Å². The van der Waals surface area contributed by atoms with Crippen molar-refractivity contribution in [1.82, 2.24) is 10.3 Å². The molecule has 0 aliphatic rings. The van der Waals surface area contributed by atoms with Crippen molar-refractivity contribution in [2.45, 2.75) is 31.7 Å². The smallest absolute Gasteiger partial charge is 0.261 e. The van der Waals surface area contributed by atoms with Gasteiger partial charge in [0, 0.05) is 23.6 Å². The third-order valence-electron chi connectivity index (χ3n) is 4.74. The summed E-state index contributed by atoms with van der Waals surface area (Å²) in [5, 5.41) is 2.89. The molecule has 1 atom stereocenters. The van der Waals surface area contributed by atoms with Gasteiger partial charge in [-0.1, -0.05) is 6.07 Å². The molecule has 3 aromatic rings. The second kappa shape index (κ2) is 8.45. The molecule has 2 N–H and O–H groups in total. The molecule has 6 nitrogen and oxygen atoms in total. The lowest BCUT2D eigenvalue weighted by molar-refractivity contribution is 0.0939. The molecule has 1 unspecified atom stereocenters. The molecule has 0 fully saturated rings. The van der Waals surface area contributed by atoms with Gasteiger partial charge in [0.1, 0.15) is 0 Å². The number of sulfonamides is 1. The van der Waals surface area contributed by atoms with E-state index < -0.39 is 10.0 Å². The van der Waals surface area contributed by atoms with Gasteiger partial charge in [0.25, 0.3) is 15.9 Å². The second-order valence-electron chi connectivity index (χ2n) is 6.90. The monoisotopic (exact) mass is 409 g/mol. The first-order valence-corrected chi connectivity index (χ1v) is 10.7. The minimum Gasteiger partial charge on any atom is -0.346 e. The average molecular weight is 410 g/mol. The maximum absolute atomic E-state index is 12.6. The molecule has 1 heterocycles. The van der Waals surface area contributed by atoms with Crippen LogP contribution in [0.3, 0.4) is 0 Å². The highest BCUT2D eigenvalue weighted by Gasteiger charge is 2.16. The first kappa shape index (κ1) is 20.5. The van der Waals surface area contributed by atoms with Crippen LogP contribution >= 0.6 is 0 Å². The molecule has 0 aliphatic heterocycles. The van der Waals surface area contributed by atoms with Crippen molar-refractivity contribution < 1.29 is 13.2 Å². The highest BCUT2D eigenvalue weighted by atomic mass is 32.2. The maximum Gasteiger partial charge on any atom is 0.261 e. The minimum atomic E-state index is -3.74. The Kier molecular flexibility index (Phi) is 5.98. The Hall–Kier alpha value is -3.19. The number of carbonyl (C=O) groups is 1. The van der Waals surface area contributed by atoms with Crippen LogP contribution in [-0.4, -0.2) is 19.3 Å². The van der Waals surface area contributed by atoms with Gasteiger partial charge in [-0.3, -0.25) is 14.5 Å². The fraction of sp³-hybridized carbons (Fsp3) is 0.182. The largest absolute Gasteiger partial charge is 0.346 e. The fourth-order valence-corrected chi connectivity index (χ4v) is 3.87. The Morgan fingerprint density at radius 1 is 0.931 bits per heavy atom. The van der Waals surface area contributed by atoms with Gasteiger partial charge >= 0.3 is 0 Å². The second-order valence-corrected chi connectivity index (χ2v) is 8.59. The van der Waals surface area contributed by atoms with Gasteiger partial charge in [-0.25, -0.2) is 8.42 Å². The molecule has 2 aromatic carbocycles. The normalized spacial score (nSPS) is 12.2. The van der Waals surface area contributed by atoms with Gasteiger partial charge in [0.05, 0.1) is 10.9 Å². The molecular weight excluding hydrogens is 386 g/mol. The lowest BCUT2D eigenvalue weighted by Crippen LogP contribution is -2.26. The highest BCUT2D eigenvalue weighted by Crippen LogP contribution is 2.20. The average Bonchev–Trinajstić information content (AvgIpc) is 2.71. The molecule has 1 aromatic heterocycles. The Morgan fingerprint density at radius 2 is 1.59 bits per heavy atom. The predicted molar refractivity (Wildman–Crippen MR) is 113 cm³/mol. The first-order chi connectivity index (χ1) is 13.8. The summed E-state index contributed by atoms with van der Waals surface area (Å²) in [6, 6.07) is 14.7. The summed E-state index contributed by atoms with van der Waals surface area (Å²) in [7, 11) is -3.74. The summed E-state index contributed by atoms with van der Waals surface area (Å²) in [4.78, 5) is 16.5. The van der Waals surface area contributed by atoms with Gasteiger partial charge in [-0.2, -0.15) is 0 Å². The van der Waals surface area contributed by atoms with Crippen molar-refractivity contribution in [2.24, 2.45) is 0 Å². The van der Waals surface area contributed by atoms with Crippen molar-refractivity contribution >= 4 is 21.6 Å². The number of anilines is 1. The zero-order valence-electron chi connectivity index (χ0n) is 16.5. The van der Waals surface area contributed by atoms with E-state index in [1.54, 1.807) is 24.5 Å². The summed E-state index contributed by atoms with van der Waals surface area (Å²) >= 11 is 0. The molecule has 0 saturated carbocycles. The van der Waals surface area contributed by atoms with E-state index in [2.05, 4.69) is 15.0 Å². The molecule has 1 amide bonds. The van der Waals surface area contributed by atoms with Gasteiger partial charge in [0.15, 0.2) is 0 Å². The molecule has 0 radical (unpaired) electrons. The van der Waals surface area contributed by atoms with Crippen LogP contribution < -0.4 is 10.0 Å². The van der Waals surface area contributed by atoms with E-state index >= 15 is 0 Å². The van der Waals surface area contributed by atoms with E-state index in [0.29, 0.717) is 11.3 Å². The molecule has 3 rings (SSSR count). The molecule has 0 bridgehead atoms. The van der Waals surface area contributed by atoms with Crippen LogP contribution in [0.15, 0.2) is 71.9 Å². The maximum atomic E-state index is 12.6. The number of amides is 1. The van der Waals surface area contributed by atoms with E-state index in [9.17, 15) is 13.2 Å². The predicted octanol–water partition coefficient (Wildman–Crippen LogP) is 3.99. The summed E-state index contributed by atoms with van der Waals surface area (Å²) in [5.41, 5.74) is 3.91. The minimum absolute atomic E-state index is 0.0921. The van der Waals surface area contributed by atoms with Gasteiger partial charge < -0.3 is 5.32 Å². The topological polar surface area (TPSA) is 88.2 Å². The fourth-order valence-electron chi connectivity index (χ4n) is 2.82. The van der Waals surface area contributed by atoms with Crippen molar-refractivity contribution in [3.05, 3.63) is 89.2 Å². The van der Waals surface area contributed by atoms with Crippen molar-refractivity contribution in [3.8, 4) is 0 Å².